The molecule has 2 aromatic rings. The highest BCUT2D eigenvalue weighted by atomic mass is 35.5. The lowest BCUT2D eigenvalue weighted by atomic mass is 9.94. The summed E-state index contributed by atoms with van der Waals surface area (Å²) < 4.78 is 13.0. The van der Waals surface area contributed by atoms with E-state index in [4.69, 9.17) is 23.2 Å². The number of nitrogens with one attached hydrogen (secondary N) is 1. The van der Waals surface area contributed by atoms with Gasteiger partial charge >= 0.3 is 0 Å². The van der Waals surface area contributed by atoms with Crippen molar-refractivity contribution >= 4 is 29.1 Å². The quantitative estimate of drug-likeness (QED) is 0.859. The lowest BCUT2D eigenvalue weighted by Gasteiger charge is -2.27. The van der Waals surface area contributed by atoms with Crippen LogP contribution in [0.5, 0.6) is 0 Å². The summed E-state index contributed by atoms with van der Waals surface area (Å²) in [5.74, 6) is -0.663. The SMILES string of the molecule is CC(C)(NC(=O)c1cc(Cl)nc(Cl)c1)c1ccc(F)cc1. The van der Waals surface area contributed by atoms with Gasteiger partial charge in [-0.3, -0.25) is 4.79 Å². The Bertz CT molecular complexity index is 652. The van der Waals surface area contributed by atoms with E-state index in [9.17, 15) is 9.18 Å². The maximum absolute atomic E-state index is 13.0. The topological polar surface area (TPSA) is 42.0 Å². The van der Waals surface area contributed by atoms with E-state index in [2.05, 4.69) is 10.3 Å². The van der Waals surface area contributed by atoms with Gasteiger partial charge in [0.1, 0.15) is 16.1 Å². The molecule has 0 saturated carbocycles. The van der Waals surface area contributed by atoms with E-state index < -0.39 is 5.54 Å². The number of halogens is 3. The second-order valence-corrected chi connectivity index (χ2v) is 5.86. The number of hydrogen-bond donors (Lipinski definition) is 1. The number of rotatable bonds is 3. The molecule has 0 saturated heterocycles. The van der Waals surface area contributed by atoms with E-state index in [0.29, 0.717) is 5.56 Å². The summed E-state index contributed by atoms with van der Waals surface area (Å²) in [5, 5.41) is 3.15. The Hall–Kier alpha value is -1.65. The van der Waals surface area contributed by atoms with Crippen LogP contribution in [0.3, 0.4) is 0 Å². The molecule has 1 amide bonds. The molecule has 0 radical (unpaired) electrons. The second-order valence-electron chi connectivity index (χ2n) is 5.09. The van der Waals surface area contributed by atoms with E-state index in [-0.39, 0.29) is 22.0 Å². The van der Waals surface area contributed by atoms with Gasteiger partial charge in [-0.05, 0) is 43.7 Å². The average molecular weight is 327 g/mol. The standard InChI is InChI=1S/C15H13Cl2FN2O/c1-15(2,10-3-5-11(18)6-4-10)20-14(21)9-7-12(16)19-13(17)8-9/h3-8H,1-2H3,(H,20,21). The molecule has 1 aromatic carbocycles. The van der Waals surface area contributed by atoms with Crippen LogP contribution in [0.2, 0.25) is 10.3 Å². The minimum Gasteiger partial charge on any atom is -0.343 e. The molecule has 6 heteroatoms. The van der Waals surface area contributed by atoms with Crippen LogP contribution in [0, 0.1) is 5.82 Å². The molecule has 0 aliphatic carbocycles. The maximum Gasteiger partial charge on any atom is 0.252 e. The predicted molar refractivity (Wildman–Crippen MR) is 81.1 cm³/mol. The molecule has 0 bridgehead atoms. The number of carbonyl (C=O) groups is 1. The number of carbonyl (C=O) groups excluding carboxylic acids is 1. The molecule has 1 aromatic heterocycles. The highest BCUT2D eigenvalue weighted by molar-refractivity contribution is 6.33. The van der Waals surface area contributed by atoms with Gasteiger partial charge < -0.3 is 5.32 Å². The van der Waals surface area contributed by atoms with Gasteiger partial charge in [0.05, 0.1) is 5.54 Å². The molecule has 21 heavy (non-hydrogen) atoms. The van der Waals surface area contributed by atoms with Crippen molar-refractivity contribution in [1.29, 1.82) is 0 Å². The Balaban J connectivity index is 2.23. The molecule has 0 atom stereocenters. The van der Waals surface area contributed by atoms with E-state index in [1.165, 1.54) is 24.3 Å². The second kappa shape index (κ2) is 6.00. The van der Waals surface area contributed by atoms with Crippen molar-refractivity contribution in [3.8, 4) is 0 Å². The highest BCUT2D eigenvalue weighted by Gasteiger charge is 2.24. The Morgan fingerprint density at radius 2 is 1.67 bits per heavy atom. The first-order valence-electron chi connectivity index (χ1n) is 6.19. The third-order valence-corrected chi connectivity index (χ3v) is 3.40. The molecule has 0 aliphatic rings. The maximum atomic E-state index is 13.0. The summed E-state index contributed by atoms with van der Waals surface area (Å²) in [6, 6.07) is 8.82. The van der Waals surface area contributed by atoms with Gasteiger partial charge in [0.2, 0.25) is 0 Å². The first-order valence-corrected chi connectivity index (χ1v) is 6.95. The molecule has 0 fully saturated rings. The molecular weight excluding hydrogens is 314 g/mol. The van der Waals surface area contributed by atoms with Crippen molar-refractivity contribution in [2.75, 3.05) is 0 Å². The molecule has 0 unspecified atom stereocenters. The Kier molecular flexibility index (Phi) is 4.49. The van der Waals surface area contributed by atoms with E-state index in [1.807, 2.05) is 13.8 Å². The lowest BCUT2D eigenvalue weighted by molar-refractivity contribution is 0.0912. The van der Waals surface area contributed by atoms with Crippen LogP contribution >= 0.6 is 23.2 Å². The lowest BCUT2D eigenvalue weighted by Crippen LogP contribution is -2.41. The molecule has 3 nitrogen and oxygen atoms in total. The predicted octanol–water partition coefficient (Wildman–Crippen LogP) is 4.19. The van der Waals surface area contributed by atoms with Crippen LogP contribution in [-0.2, 0) is 5.54 Å². The van der Waals surface area contributed by atoms with Crippen LogP contribution in [0.25, 0.3) is 0 Å². The monoisotopic (exact) mass is 326 g/mol. The fraction of sp³-hybridized carbons (Fsp3) is 0.200. The number of amides is 1. The molecule has 1 N–H and O–H groups in total. The Morgan fingerprint density at radius 3 is 2.19 bits per heavy atom. The number of hydrogen-bond acceptors (Lipinski definition) is 2. The van der Waals surface area contributed by atoms with Gasteiger partial charge in [0.25, 0.3) is 5.91 Å². The van der Waals surface area contributed by atoms with Crippen molar-refractivity contribution in [2.45, 2.75) is 19.4 Å². The molecule has 1 heterocycles. The van der Waals surface area contributed by atoms with Crippen molar-refractivity contribution < 1.29 is 9.18 Å². The van der Waals surface area contributed by atoms with Crippen molar-refractivity contribution in [3.05, 3.63) is 63.6 Å². The zero-order valence-electron chi connectivity index (χ0n) is 11.5. The minimum atomic E-state index is -0.674. The highest BCUT2D eigenvalue weighted by Crippen LogP contribution is 2.22. The van der Waals surface area contributed by atoms with Crippen LogP contribution in [0.15, 0.2) is 36.4 Å². The fourth-order valence-electron chi connectivity index (χ4n) is 1.89. The summed E-state index contributed by atoms with van der Waals surface area (Å²) in [6.45, 7) is 3.64. The van der Waals surface area contributed by atoms with Crippen LogP contribution in [0.1, 0.15) is 29.8 Å². The summed E-state index contributed by atoms with van der Waals surface area (Å²) >= 11 is 11.6. The molecule has 0 aliphatic heterocycles. The molecular formula is C15H13Cl2FN2O. The van der Waals surface area contributed by atoms with Gasteiger partial charge in [-0.25, -0.2) is 9.37 Å². The smallest absolute Gasteiger partial charge is 0.252 e. The first kappa shape index (κ1) is 15.7. The number of benzene rings is 1. The van der Waals surface area contributed by atoms with Crippen molar-refractivity contribution in [1.82, 2.24) is 10.3 Å². The zero-order chi connectivity index (χ0) is 15.6. The third kappa shape index (κ3) is 3.93. The summed E-state index contributed by atoms with van der Waals surface area (Å²) in [5.41, 5.74) is 0.422. The van der Waals surface area contributed by atoms with Crippen LogP contribution in [0.4, 0.5) is 4.39 Å². The Labute approximate surface area is 132 Å². The van der Waals surface area contributed by atoms with Gasteiger partial charge in [0, 0.05) is 5.56 Å². The zero-order valence-corrected chi connectivity index (χ0v) is 13.0. The third-order valence-electron chi connectivity index (χ3n) is 3.02. The number of aromatic nitrogens is 1. The van der Waals surface area contributed by atoms with Gasteiger partial charge in [0.15, 0.2) is 0 Å². The van der Waals surface area contributed by atoms with Crippen molar-refractivity contribution in [2.24, 2.45) is 0 Å². The normalized spacial score (nSPS) is 11.3. The van der Waals surface area contributed by atoms with Gasteiger partial charge in [-0.1, -0.05) is 35.3 Å². The van der Waals surface area contributed by atoms with E-state index in [0.717, 1.165) is 5.56 Å². The van der Waals surface area contributed by atoms with Gasteiger partial charge in [-0.15, -0.1) is 0 Å². The number of nitrogens with zero attached hydrogens (tertiary/aromatic N) is 1. The molecule has 2 rings (SSSR count). The average Bonchev–Trinajstić information content (AvgIpc) is 2.37. The first-order chi connectivity index (χ1) is 9.78. The summed E-state index contributed by atoms with van der Waals surface area (Å²) in [6.07, 6.45) is 0. The fourth-order valence-corrected chi connectivity index (χ4v) is 2.35. The van der Waals surface area contributed by atoms with Gasteiger partial charge in [-0.2, -0.15) is 0 Å². The van der Waals surface area contributed by atoms with Crippen molar-refractivity contribution in [3.63, 3.8) is 0 Å². The summed E-state index contributed by atoms with van der Waals surface area (Å²) in [4.78, 5) is 16.1. The number of pyridine rings is 1. The van der Waals surface area contributed by atoms with E-state index in [1.54, 1.807) is 12.1 Å². The van der Waals surface area contributed by atoms with Crippen LogP contribution in [-0.4, -0.2) is 10.9 Å². The molecule has 0 spiro atoms. The largest absolute Gasteiger partial charge is 0.343 e. The minimum absolute atomic E-state index is 0.146. The summed E-state index contributed by atoms with van der Waals surface area (Å²) in [7, 11) is 0. The molecule has 110 valence electrons. The van der Waals surface area contributed by atoms with Crippen LogP contribution < -0.4 is 5.32 Å². The van der Waals surface area contributed by atoms with E-state index >= 15 is 0 Å². The Morgan fingerprint density at radius 1 is 1.14 bits per heavy atom.